The quantitative estimate of drug-likeness (QED) is 0.731. The summed E-state index contributed by atoms with van der Waals surface area (Å²) in [4.78, 5) is 21.3. The Balaban J connectivity index is 0.000000403. The largest absolute Gasteiger partial charge is 0.478 e. The van der Waals surface area contributed by atoms with Crippen LogP contribution in [0.4, 0.5) is 0 Å². The van der Waals surface area contributed by atoms with E-state index in [1.807, 2.05) is 12.1 Å². The molecule has 5 heteroatoms. The second-order valence-electron chi connectivity index (χ2n) is 5.14. The fourth-order valence-electron chi connectivity index (χ4n) is 2.30. The molecular formula is C18H20CdO4. The van der Waals surface area contributed by atoms with Crippen molar-refractivity contribution in [3.05, 3.63) is 69.8 Å². The summed E-state index contributed by atoms with van der Waals surface area (Å²) in [5.41, 5.74) is 4.12. The molecule has 2 N–H and O–H groups in total. The van der Waals surface area contributed by atoms with Gasteiger partial charge in [0.1, 0.15) is 0 Å². The van der Waals surface area contributed by atoms with Crippen molar-refractivity contribution >= 4 is 11.9 Å². The second-order valence-corrected chi connectivity index (χ2v) is 5.14. The van der Waals surface area contributed by atoms with Crippen LogP contribution in [0.25, 0.3) is 0 Å². The molecule has 0 aromatic heterocycles. The van der Waals surface area contributed by atoms with E-state index in [1.54, 1.807) is 52.0 Å². The van der Waals surface area contributed by atoms with E-state index < -0.39 is 11.9 Å². The van der Waals surface area contributed by atoms with E-state index in [0.717, 1.165) is 22.3 Å². The van der Waals surface area contributed by atoms with E-state index in [-0.39, 0.29) is 27.3 Å². The van der Waals surface area contributed by atoms with Gasteiger partial charge in [-0.1, -0.05) is 36.4 Å². The van der Waals surface area contributed by atoms with Crippen LogP contribution < -0.4 is 0 Å². The molecule has 0 bridgehead atoms. The third kappa shape index (κ3) is 5.78. The zero-order valence-corrected chi connectivity index (χ0v) is 17.9. The SMILES string of the molecule is Cc1cccc(C)c1C(=O)O.Cc1cccc(C)c1C(=O)O.[Cd]. The van der Waals surface area contributed by atoms with E-state index in [4.69, 9.17) is 10.2 Å². The summed E-state index contributed by atoms with van der Waals surface area (Å²) in [5, 5.41) is 17.5. The van der Waals surface area contributed by atoms with Crippen LogP contribution in [-0.4, -0.2) is 22.2 Å². The molecule has 0 saturated carbocycles. The van der Waals surface area contributed by atoms with Crippen molar-refractivity contribution < 1.29 is 47.1 Å². The molecule has 0 fully saturated rings. The Morgan fingerprint density at radius 2 is 0.870 bits per heavy atom. The van der Waals surface area contributed by atoms with E-state index in [0.29, 0.717) is 11.1 Å². The van der Waals surface area contributed by atoms with Gasteiger partial charge in [-0.15, -0.1) is 0 Å². The molecule has 118 valence electrons. The van der Waals surface area contributed by atoms with Crippen molar-refractivity contribution in [3.63, 3.8) is 0 Å². The molecule has 2 rings (SSSR count). The zero-order chi connectivity index (χ0) is 16.9. The molecule has 0 amide bonds. The normalized spacial score (nSPS) is 9.22. The Hall–Kier alpha value is -1.70. The number of carboxylic acid groups (broad SMARTS) is 2. The monoisotopic (exact) mass is 414 g/mol. The molecule has 0 atom stereocenters. The van der Waals surface area contributed by atoms with Gasteiger partial charge < -0.3 is 10.2 Å². The zero-order valence-electron chi connectivity index (χ0n) is 13.9. The number of carboxylic acids is 2. The summed E-state index contributed by atoms with van der Waals surface area (Å²) in [5.74, 6) is -1.69. The summed E-state index contributed by atoms with van der Waals surface area (Å²) in [7, 11) is 0. The van der Waals surface area contributed by atoms with Gasteiger partial charge in [-0.3, -0.25) is 0 Å². The maximum atomic E-state index is 10.6. The van der Waals surface area contributed by atoms with E-state index in [2.05, 4.69) is 0 Å². The number of carbonyl (C=O) groups is 2. The molecule has 0 aliphatic heterocycles. The predicted octanol–water partition coefficient (Wildman–Crippen LogP) is 4.00. The first-order chi connectivity index (χ1) is 10.3. The molecular weight excluding hydrogens is 393 g/mol. The number of aromatic carboxylic acids is 2. The van der Waals surface area contributed by atoms with Crippen LogP contribution in [-0.2, 0) is 27.3 Å². The van der Waals surface area contributed by atoms with Gasteiger partial charge in [0.05, 0.1) is 11.1 Å². The summed E-state index contributed by atoms with van der Waals surface area (Å²) in [6.45, 7) is 7.21. The summed E-state index contributed by atoms with van der Waals surface area (Å²) >= 11 is 0. The van der Waals surface area contributed by atoms with E-state index >= 15 is 0 Å². The van der Waals surface area contributed by atoms with Crippen molar-refractivity contribution in [2.75, 3.05) is 0 Å². The fourth-order valence-corrected chi connectivity index (χ4v) is 2.30. The van der Waals surface area contributed by atoms with Crippen molar-refractivity contribution in [2.24, 2.45) is 0 Å². The first-order valence-electron chi connectivity index (χ1n) is 6.84. The second kappa shape index (κ2) is 9.44. The molecule has 0 radical (unpaired) electrons. The number of rotatable bonds is 2. The molecule has 4 nitrogen and oxygen atoms in total. The van der Waals surface area contributed by atoms with Crippen LogP contribution in [0.2, 0.25) is 0 Å². The van der Waals surface area contributed by atoms with Crippen LogP contribution in [0.5, 0.6) is 0 Å². The number of hydrogen-bond donors (Lipinski definition) is 2. The standard InChI is InChI=1S/2C9H10O2.Cd/c2*1-6-4-3-5-7(2)8(6)9(10)11;/h2*3-5H,1-2H3,(H,10,11);. The molecule has 23 heavy (non-hydrogen) atoms. The minimum absolute atomic E-state index is 0. The molecule has 2 aromatic carbocycles. The number of hydrogen-bond acceptors (Lipinski definition) is 2. The molecule has 2 aromatic rings. The Labute approximate surface area is 156 Å². The van der Waals surface area contributed by atoms with Gasteiger partial charge in [-0.05, 0) is 49.9 Å². The Morgan fingerprint density at radius 1 is 0.652 bits per heavy atom. The molecule has 0 spiro atoms. The Morgan fingerprint density at radius 3 is 1.00 bits per heavy atom. The van der Waals surface area contributed by atoms with Crippen molar-refractivity contribution in [1.82, 2.24) is 0 Å². The predicted molar refractivity (Wildman–Crippen MR) is 85.8 cm³/mol. The summed E-state index contributed by atoms with van der Waals surface area (Å²) in [6.07, 6.45) is 0. The minimum Gasteiger partial charge on any atom is -0.478 e. The maximum absolute atomic E-state index is 10.6. The number of benzene rings is 2. The number of aryl methyl sites for hydroxylation is 4. The van der Waals surface area contributed by atoms with Gasteiger partial charge in [0.2, 0.25) is 0 Å². The van der Waals surface area contributed by atoms with Crippen LogP contribution in [0, 0.1) is 27.7 Å². The van der Waals surface area contributed by atoms with Gasteiger partial charge in [0, 0.05) is 27.3 Å². The van der Waals surface area contributed by atoms with Gasteiger partial charge >= 0.3 is 11.9 Å². The third-order valence-corrected chi connectivity index (χ3v) is 3.39. The van der Waals surface area contributed by atoms with Crippen LogP contribution >= 0.6 is 0 Å². The van der Waals surface area contributed by atoms with Crippen molar-refractivity contribution in [2.45, 2.75) is 27.7 Å². The topological polar surface area (TPSA) is 74.6 Å². The summed E-state index contributed by atoms with van der Waals surface area (Å²) in [6, 6.07) is 10.9. The average molecular weight is 413 g/mol. The smallest absolute Gasteiger partial charge is 0.336 e. The van der Waals surface area contributed by atoms with Crippen molar-refractivity contribution in [3.8, 4) is 0 Å². The molecule has 0 unspecified atom stereocenters. The minimum atomic E-state index is -0.847. The first-order valence-corrected chi connectivity index (χ1v) is 6.84. The average Bonchev–Trinajstić information content (AvgIpc) is 2.38. The van der Waals surface area contributed by atoms with E-state index in [1.165, 1.54) is 0 Å². The maximum Gasteiger partial charge on any atom is 0.336 e. The molecule has 0 heterocycles. The van der Waals surface area contributed by atoms with Gasteiger partial charge in [0.25, 0.3) is 0 Å². The van der Waals surface area contributed by atoms with Gasteiger partial charge in [-0.2, -0.15) is 0 Å². The molecule has 0 aliphatic rings. The van der Waals surface area contributed by atoms with Crippen LogP contribution in [0.15, 0.2) is 36.4 Å². The fraction of sp³-hybridized carbons (Fsp3) is 0.222. The van der Waals surface area contributed by atoms with Gasteiger partial charge in [-0.25, -0.2) is 9.59 Å². The first kappa shape index (κ1) is 21.3. The molecule has 0 saturated heterocycles. The van der Waals surface area contributed by atoms with Crippen molar-refractivity contribution in [1.29, 1.82) is 0 Å². The van der Waals surface area contributed by atoms with Crippen LogP contribution in [0.3, 0.4) is 0 Å². The van der Waals surface area contributed by atoms with Crippen LogP contribution in [0.1, 0.15) is 43.0 Å². The Kier molecular flexibility index (Phi) is 8.75. The van der Waals surface area contributed by atoms with E-state index in [9.17, 15) is 9.59 Å². The van der Waals surface area contributed by atoms with Gasteiger partial charge in [0.15, 0.2) is 0 Å². The Bertz CT molecular complexity index is 606. The third-order valence-electron chi connectivity index (χ3n) is 3.39. The summed E-state index contributed by atoms with van der Waals surface area (Å²) < 4.78 is 0. The molecule has 0 aliphatic carbocycles.